The molecule has 2 aliphatic rings. The number of amides is 1. The third-order valence-electron chi connectivity index (χ3n) is 4.69. The quantitative estimate of drug-likeness (QED) is 0.780. The number of hydrazine groups is 1. The fourth-order valence-corrected chi connectivity index (χ4v) is 3.46. The third-order valence-corrected chi connectivity index (χ3v) is 4.69. The van der Waals surface area contributed by atoms with Crippen LogP contribution in [0.3, 0.4) is 0 Å². The molecule has 2 unspecified atom stereocenters. The van der Waals surface area contributed by atoms with Crippen molar-refractivity contribution in [2.45, 2.75) is 57.2 Å². The summed E-state index contributed by atoms with van der Waals surface area (Å²) in [4.78, 5) is 12.0. The van der Waals surface area contributed by atoms with Gasteiger partial charge in [0.25, 0.3) is 0 Å². The molecule has 3 rings (SSSR count). The van der Waals surface area contributed by atoms with Gasteiger partial charge in [-0.15, -0.1) is 0 Å². The highest BCUT2D eigenvalue weighted by atomic mass is 16.1. The van der Waals surface area contributed by atoms with E-state index in [1.54, 1.807) is 0 Å². The maximum Gasteiger partial charge on any atom is 0.221 e. The fraction of sp³-hybridized carbons (Fsp3) is 0.588. The van der Waals surface area contributed by atoms with E-state index in [4.69, 9.17) is 0 Å². The van der Waals surface area contributed by atoms with Crippen molar-refractivity contribution in [1.29, 1.82) is 0 Å². The van der Waals surface area contributed by atoms with Crippen molar-refractivity contribution in [2.75, 3.05) is 0 Å². The monoisotopic (exact) mass is 287 g/mol. The van der Waals surface area contributed by atoms with Crippen LogP contribution in [-0.4, -0.2) is 12.1 Å². The van der Waals surface area contributed by atoms with Crippen LogP contribution in [0.4, 0.5) is 0 Å². The van der Waals surface area contributed by atoms with Gasteiger partial charge >= 0.3 is 0 Å². The van der Waals surface area contributed by atoms with Crippen LogP contribution in [0.2, 0.25) is 0 Å². The first-order chi connectivity index (χ1) is 10.3. The van der Waals surface area contributed by atoms with Crippen LogP contribution in [0, 0.1) is 5.92 Å². The maximum absolute atomic E-state index is 12.0. The zero-order valence-corrected chi connectivity index (χ0v) is 12.5. The molecule has 0 bridgehead atoms. The molecule has 4 nitrogen and oxygen atoms in total. The molecule has 1 heterocycles. The van der Waals surface area contributed by atoms with Gasteiger partial charge < -0.3 is 5.32 Å². The Hall–Kier alpha value is -1.39. The molecule has 1 aliphatic heterocycles. The second kappa shape index (κ2) is 7.05. The Morgan fingerprint density at radius 3 is 2.67 bits per heavy atom. The normalized spacial score (nSPS) is 26.1. The van der Waals surface area contributed by atoms with Crippen molar-refractivity contribution < 1.29 is 4.79 Å². The molecule has 3 N–H and O–H groups in total. The largest absolute Gasteiger partial charge is 0.339 e. The van der Waals surface area contributed by atoms with E-state index < -0.39 is 0 Å². The summed E-state index contributed by atoms with van der Waals surface area (Å²) >= 11 is 0. The SMILES string of the molecule is O=C(CCC1CCCC1)NC1CC(c2ccccc2)NN1. The minimum Gasteiger partial charge on any atom is -0.339 e. The summed E-state index contributed by atoms with van der Waals surface area (Å²) in [6, 6.07) is 10.6. The van der Waals surface area contributed by atoms with Crippen molar-refractivity contribution in [3.05, 3.63) is 35.9 Å². The molecule has 1 aromatic carbocycles. The van der Waals surface area contributed by atoms with E-state index in [0.29, 0.717) is 6.42 Å². The second-order valence-corrected chi connectivity index (χ2v) is 6.30. The van der Waals surface area contributed by atoms with E-state index in [9.17, 15) is 4.79 Å². The van der Waals surface area contributed by atoms with Gasteiger partial charge in [-0.2, -0.15) is 0 Å². The van der Waals surface area contributed by atoms with Crippen molar-refractivity contribution in [2.24, 2.45) is 5.92 Å². The molecule has 2 fully saturated rings. The van der Waals surface area contributed by atoms with Gasteiger partial charge in [-0.05, 0) is 17.9 Å². The molecule has 1 aromatic rings. The number of hydrogen-bond donors (Lipinski definition) is 3. The van der Waals surface area contributed by atoms with Crippen LogP contribution in [0.1, 0.15) is 56.6 Å². The molecular formula is C17H25N3O. The van der Waals surface area contributed by atoms with Gasteiger partial charge in [-0.25, -0.2) is 10.9 Å². The number of carbonyl (C=O) groups excluding carboxylic acids is 1. The minimum absolute atomic E-state index is 0.0336. The second-order valence-electron chi connectivity index (χ2n) is 6.30. The molecule has 1 amide bonds. The Balaban J connectivity index is 1.41. The molecule has 114 valence electrons. The van der Waals surface area contributed by atoms with Gasteiger partial charge in [-0.1, -0.05) is 56.0 Å². The van der Waals surface area contributed by atoms with Gasteiger partial charge in [0.05, 0.1) is 6.17 Å². The zero-order chi connectivity index (χ0) is 14.5. The lowest BCUT2D eigenvalue weighted by molar-refractivity contribution is -0.122. The van der Waals surface area contributed by atoms with Gasteiger partial charge in [0.15, 0.2) is 0 Å². The van der Waals surface area contributed by atoms with Crippen LogP contribution in [0.25, 0.3) is 0 Å². The number of hydrogen-bond acceptors (Lipinski definition) is 3. The standard InChI is InChI=1S/C17H25N3O/c21-17(11-10-13-6-4-5-7-13)18-16-12-15(19-20-16)14-8-2-1-3-9-14/h1-3,8-9,13,15-16,19-20H,4-7,10-12H2,(H,18,21). The van der Waals surface area contributed by atoms with E-state index >= 15 is 0 Å². The molecule has 1 saturated carbocycles. The minimum atomic E-state index is 0.0336. The van der Waals surface area contributed by atoms with Gasteiger partial charge in [-0.3, -0.25) is 4.79 Å². The smallest absolute Gasteiger partial charge is 0.221 e. The fourth-order valence-electron chi connectivity index (χ4n) is 3.46. The Morgan fingerprint density at radius 2 is 1.90 bits per heavy atom. The topological polar surface area (TPSA) is 53.2 Å². The Kier molecular flexibility index (Phi) is 4.88. The highest BCUT2D eigenvalue weighted by Gasteiger charge is 2.26. The van der Waals surface area contributed by atoms with Gasteiger partial charge in [0.1, 0.15) is 0 Å². The van der Waals surface area contributed by atoms with E-state index in [-0.39, 0.29) is 18.1 Å². The van der Waals surface area contributed by atoms with Crippen molar-refractivity contribution in [1.82, 2.24) is 16.2 Å². The molecule has 0 aromatic heterocycles. The van der Waals surface area contributed by atoms with E-state index in [1.807, 2.05) is 18.2 Å². The Bertz CT molecular complexity index is 456. The first-order valence-electron chi connectivity index (χ1n) is 8.16. The average molecular weight is 287 g/mol. The number of carbonyl (C=O) groups is 1. The predicted molar refractivity (Wildman–Crippen MR) is 83.2 cm³/mol. The van der Waals surface area contributed by atoms with Crippen LogP contribution < -0.4 is 16.2 Å². The number of nitrogens with one attached hydrogen (secondary N) is 3. The summed E-state index contributed by atoms with van der Waals surface area (Å²) in [5.74, 6) is 0.956. The molecule has 2 atom stereocenters. The lowest BCUT2D eigenvalue weighted by Gasteiger charge is -2.13. The summed E-state index contributed by atoms with van der Waals surface area (Å²) < 4.78 is 0. The molecule has 1 aliphatic carbocycles. The van der Waals surface area contributed by atoms with Crippen molar-refractivity contribution in [3.8, 4) is 0 Å². The number of benzene rings is 1. The van der Waals surface area contributed by atoms with E-state index in [2.05, 4.69) is 28.3 Å². The van der Waals surface area contributed by atoms with Crippen LogP contribution >= 0.6 is 0 Å². The highest BCUT2D eigenvalue weighted by Crippen LogP contribution is 2.28. The molecule has 1 saturated heterocycles. The zero-order valence-electron chi connectivity index (χ0n) is 12.5. The molecular weight excluding hydrogens is 262 g/mol. The summed E-state index contributed by atoms with van der Waals surface area (Å²) in [6.07, 6.45) is 7.95. The van der Waals surface area contributed by atoms with Crippen LogP contribution in [0.5, 0.6) is 0 Å². The first kappa shape index (κ1) is 14.5. The highest BCUT2D eigenvalue weighted by molar-refractivity contribution is 5.76. The molecule has 21 heavy (non-hydrogen) atoms. The van der Waals surface area contributed by atoms with E-state index in [0.717, 1.165) is 18.8 Å². The lowest BCUT2D eigenvalue weighted by Crippen LogP contribution is -2.44. The molecule has 0 radical (unpaired) electrons. The van der Waals surface area contributed by atoms with Gasteiger partial charge in [0.2, 0.25) is 5.91 Å². The molecule has 4 heteroatoms. The summed E-state index contributed by atoms with van der Waals surface area (Å²) in [7, 11) is 0. The maximum atomic E-state index is 12.0. The Morgan fingerprint density at radius 1 is 1.14 bits per heavy atom. The van der Waals surface area contributed by atoms with Crippen molar-refractivity contribution in [3.63, 3.8) is 0 Å². The lowest BCUT2D eigenvalue weighted by atomic mass is 10.0. The molecule has 0 spiro atoms. The summed E-state index contributed by atoms with van der Waals surface area (Å²) in [6.45, 7) is 0. The summed E-state index contributed by atoms with van der Waals surface area (Å²) in [5.41, 5.74) is 7.70. The Labute approximate surface area is 126 Å². The van der Waals surface area contributed by atoms with Crippen LogP contribution in [0.15, 0.2) is 30.3 Å². The third kappa shape index (κ3) is 4.05. The van der Waals surface area contributed by atoms with E-state index in [1.165, 1.54) is 31.2 Å². The number of rotatable bonds is 5. The average Bonchev–Trinajstić information content (AvgIpc) is 3.17. The van der Waals surface area contributed by atoms with Gasteiger partial charge in [0, 0.05) is 18.9 Å². The van der Waals surface area contributed by atoms with Crippen molar-refractivity contribution >= 4 is 5.91 Å². The predicted octanol–water partition coefficient (Wildman–Crippen LogP) is 2.64. The summed E-state index contributed by atoms with van der Waals surface area (Å²) in [5, 5.41) is 3.09. The first-order valence-corrected chi connectivity index (χ1v) is 8.16. The van der Waals surface area contributed by atoms with Crippen LogP contribution in [-0.2, 0) is 4.79 Å².